The topological polar surface area (TPSA) is 57.5 Å². The molecule has 0 heterocycles. The smallest absolute Gasteiger partial charge is 0.126 e. The van der Waals surface area contributed by atoms with Gasteiger partial charge in [-0.05, 0) is 79.4 Å². The van der Waals surface area contributed by atoms with E-state index in [0.717, 1.165) is 43.3 Å². The number of aliphatic hydroxyl groups excluding tert-OH is 1. The molecule has 0 aromatic carbocycles. The molecule has 4 fully saturated rings. The molecule has 3 nitrogen and oxygen atoms in total. The van der Waals surface area contributed by atoms with Crippen LogP contribution in [-0.2, 0) is 4.79 Å². The summed E-state index contributed by atoms with van der Waals surface area (Å²) in [6.07, 6.45) is 11.5. The largest absolute Gasteiger partial charge is 0.393 e. The Morgan fingerprint density at radius 1 is 1.00 bits per heavy atom. The third kappa shape index (κ3) is 3.16. The van der Waals surface area contributed by atoms with Crippen LogP contribution < -0.4 is 0 Å². The van der Waals surface area contributed by atoms with Gasteiger partial charge in [0, 0.05) is 17.8 Å². The van der Waals surface area contributed by atoms with E-state index in [2.05, 4.69) is 34.6 Å². The van der Waals surface area contributed by atoms with E-state index >= 15 is 0 Å². The lowest BCUT2D eigenvalue weighted by atomic mass is 9.53. The quantitative estimate of drug-likeness (QED) is 0.551. The third-order valence-electron chi connectivity index (χ3n) is 11.0. The van der Waals surface area contributed by atoms with E-state index in [1.54, 1.807) is 0 Å². The fourth-order valence-corrected chi connectivity index (χ4v) is 9.39. The highest BCUT2D eigenvalue weighted by Crippen LogP contribution is 2.72. The normalized spacial score (nSPS) is 51.3. The van der Waals surface area contributed by atoms with E-state index in [4.69, 9.17) is 0 Å². The number of aldehydes is 1. The van der Waals surface area contributed by atoms with Gasteiger partial charge in [0.25, 0.3) is 0 Å². The maximum absolute atomic E-state index is 12.4. The minimum absolute atomic E-state index is 0.217. The summed E-state index contributed by atoms with van der Waals surface area (Å²) in [6.45, 7) is 11.9. The van der Waals surface area contributed by atoms with Crippen LogP contribution in [0, 0.1) is 52.3 Å². The van der Waals surface area contributed by atoms with Crippen molar-refractivity contribution < 1.29 is 15.0 Å². The standard InChI is InChI=1S/C27H46O3/c1-17(2)7-6-8-18(3)20-9-10-21-24-22(12-13-25(20,21)4)26(5)14-11-19(29)15-27(26,30)23(24)16-28/h16-24,29-30H,6-15H2,1-5H3/t18-,19+,20-,21?,22?,23?,24?,25-,26-,27-/m1/s1. The van der Waals surface area contributed by atoms with E-state index in [-0.39, 0.29) is 11.3 Å². The Morgan fingerprint density at radius 3 is 2.40 bits per heavy atom. The number of aliphatic hydroxyl groups is 2. The molecule has 2 N–H and O–H groups in total. The first-order valence-corrected chi connectivity index (χ1v) is 12.9. The van der Waals surface area contributed by atoms with Gasteiger partial charge >= 0.3 is 0 Å². The average Bonchev–Trinajstić information content (AvgIpc) is 3.11. The second-order valence-corrected chi connectivity index (χ2v) is 12.7. The van der Waals surface area contributed by atoms with Crippen molar-refractivity contribution in [1.29, 1.82) is 0 Å². The summed E-state index contributed by atoms with van der Waals surface area (Å²) < 4.78 is 0. The van der Waals surface area contributed by atoms with Gasteiger partial charge in [-0.3, -0.25) is 0 Å². The Balaban J connectivity index is 1.59. The maximum Gasteiger partial charge on any atom is 0.126 e. The van der Waals surface area contributed by atoms with Gasteiger partial charge in [-0.2, -0.15) is 0 Å². The maximum atomic E-state index is 12.4. The molecule has 0 aromatic heterocycles. The molecule has 30 heavy (non-hydrogen) atoms. The molecule has 10 atom stereocenters. The lowest BCUT2D eigenvalue weighted by Gasteiger charge is -2.52. The predicted octanol–water partition coefficient (Wildman–Crippen LogP) is 5.62. The Bertz CT molecular complexity index is 646. The number of carbonyl (C=O) groups excluding carboxylic acids is 1. The first-order chi connectivity index (χ1) is 14.1. The highest BCUT2D eigenvalue weighted by atomic mass is 16.3. The van der Waals surface area contributed by atoms with Gasteiger partial charge in [0.2, 0.25) is 0 Å². The summed E-state index contributed by atoms with van der Waals surface area (Å²) in [5.41, 5.74) is -0.933. The van der Waals surface area contributed by atoms with Crippen molar-refractivity contribution in [1.82, 2.24) is 0 Å². The molecular weight excluding hydrogens is 372 g/mol. The molecule has 0 aromatic rings. The van der Waals surface area contributed by atoms with Crippen molar-refractivity contribution in [3.05, 3.63) is 0 Å². The molecule has 0 saturated heterocycles. The second-order valence-electron chi connectivity index (χ2n) is 12.7. The molecule has 4 aliphatic rings. The average molecular weight is 419 g/mol. The van der Waals surface area contributed by atoms with Crippen LogP contribution in [0.3, 0.4) is 0 Å². The molecule has 4 aliphatic carbocycles. The number of hydrogen-bond donors (Lipinski definition) is 2. The zero-order valence-corrected chi connectivity index (χ0v) is 20.1. The first-order valence-electron chi connectivity index (χ1n) is 12.9. The zero-order chi connectivity index (χ0) is 21.9. The Kier molecular flexibility index (Phi) is 5.97. The number of fused-ring (bicyclic) bond motifs is 5. The van der Waals surface area contributed by atoms with Crippen LogP contribution in [0.15, 0.2) is 0 Å². The number of rotatable bonds is 6. The van der Waals surface area contributed by atoms with Crippen LogP contribution in [-0.4, -0.2) is 28.2 Å². The van der Waals surface area contributed by atoms with Gasteiger partial charge in [0.1, 0.15) is 6.29 Å². The van der Waals surface area contributed by atoms with Crippen LogP contribution in [0.4, 0.5) is 0 Å². The van der Waals surface area contributed by atoms with E-state index < -0.39 is 11.7 Å². The molecule has 0 radical (unpaired) electrons. The van der Waals surface area contributed by atoms with Crippen molar-refractivity contribution >= 4 is 6.29 Å². The third-order valence-corrected chi connectivity index (χ3v) is 11.0. The molecule has 0 amide bonds. The van der Waals surface area contributed by atoms with Crippen molar-refractivity contribution in [3.8, 4) is 0 Å². The SMILES string of the molecule is CC(C)CCC[C@@H](C)[C@H]1CCC2C3C(C=O)[C@]4(O)C[C@@H](O)CC[C@]4(C)C3CC[C@@]21C. The summed E-state index contributed by atoms with van der Waals surface area (Å²) in [7, 11) is 0. The van der Waals surface area contributed by atoms with Gasteiger partial charge in [0.05, 0.1) is 11.7 Å². The first kappa shape index (κ1) is 22.8. The van der Waals surface area contributed by atoms with Crippen molar-refractivity contribution in [3.63, 3.8) is 0 Å². The van der Waals surface area contributed by atoms with Gasteiger partial charge < -0.3 is 15.0 Å². The molecule has 4 unspecified atom stereocenters. The van der Waals surface area contributed by atoms with E-state index in [1.807, 2.05) is 0 Å². The summed E-state index contributed by atoms with van der Waals surface area (Å²) in [4.78, 5) is 12.4. The van der Waals surface area contributed by atoms with Crippen molar-refractivity contribution in [2.75, 3.05) is 0 Å². The highest BCUT2D eigenvalue weighted by Gasteiger charge is 2.72. The van der Waals surface area contributed by atoms with Crippen LogP contribution in [0.25, 0.3) is 0 Å². The zero-order valence-electron chi connectivity index (χ0n) is 20.1. The van der Waals surface area contributed by atoms with Crippen LogP contribution in [0.1, 0.15) is 98.8 Å². The summed E-state index contributed by atoms with van der Waals surface area (Å²) in [5, 5.41) is 22.3. The minimum atomic E-state index is -1.02. The Morgan fingerprint density at radius 2 is 1.73 bits per heavy atom. The monoisotopic (exact) mass is 418 g/mol. The summed E-state index contributed by atoms with van der Waals surface area (Å²) in [5.74, 6) is 3.25. The van der Waals surface area contributed by atoms with Crippen LogP contribution >= 0.6 is 0 Å². The van der Waals surface area contributed by atoms with Crippen molar-refractivity contribution in [2.45, 2.75) is 111 Å². The lowest BCUT2D eigenvalue weighted by Crippen LogP contribution is -2.54. The summed E-state index contributed by atoms with van der Waals surface area (Å²) >= 11 is 0. The van der Waals surface area contributed by atoms with Crippen LogP contribution in [0.2, 0.25) is 0 Å². The fraction of sp³-hybridized carbons (Fsp3) is 0.963. The van der Waals surface area contributed by atoms with Gasteiger partial charge in [-0.1, -0.05) is 53.9 Å². The van der Waals surface area contributed by atoms with E-state index in [0.29, 0.717) is 29.6 Å². The minimum Gasteiger partial charge on any atom is -0.393 e. The van der Waals surface area contributed by atoms with Gasteiger partial charge in [0.15, 0.2) is 0 Å². The number of hydrogen-bond acceptors (Lipinski definition) is 3. The molecular formula is C27H46O3. The molecule has 0 spiro atoms. The predicted molar refractivity (Wildman–Crippen MR) is 121 cm³/mol. The lowest BCUT2D eigenvalue weighted by molar-refractivity contribution is -0.156. The van der Waals surface area contributed by atoms with Crippen molar-refractivity contribution in [2.24, 2.45) is 52.3 Å². The van der Waals surface area contributed by atoms with Crippen LogP contribution in [0.5, 0.6) is 0 Å². The molecule has 4 rings (SSSR count). The molecule has 0 aliphatic heterocycles. The fourth-order valence-electron chi connectivity index (χ4n) is 9.39. The Hall–Kier alpha value is -0.410. The van der Waals surface area contributed by atoms with Gasteiger partial charge in [-0.15, -0.1) is 0 Å². The van der Waals surface area contributed by atoms with E-state index in [1.165, 1.54) is 38.5 Å². The van der Waals surface area contributed by atoms with E-state index in [9.17, 15) is 15.0 Å². The molecule has 4 saturated carbocycles. The Labute approximate surface area is 184 Å². The molecule has 172 valence electrons. The second kappa shape index (κ2) is 7.87. The molecule has 0 bridgehead atoms. The molecule has 3 heteroatoms. The summed E-state index contributed by atoms with van der Waals surface area (Å²) in [6, 6.07) is 0. The highest BCUT2D eigenvalue weighted by molar-refractivity contribution is 5.59. The van der Waals surface area contributed by atoms with Gasteiger partial charge in [-0.25, -0.2) is 0 Å². The number of carbonyl (C=O) groups is 1.